The maximum absolute atomic E-state index is 12.6. The fourth-order valence-corrected chi connectivity index (χ4v) is 5.42. The van der Waals surface area contributed by atoms with E-state index in [2.05, 4.69) is 43.3 Å². The van der Waals surface area contributed by atoms with E-state index in [1.165, 1.54) is 0 Å². The minimum atomic E-state index is -0.384. The molecule has 160 valence electrons. The van der Waals surface area contributed by atoms with Crippen molar-refractivity contribution in [3.8, 4) is 6.07 Å². The number of amides is 1. The maximum Gasteiger partial charge on any atom is 0.410 e. The quantitative estimate of drug-likeness (QED) is 0.704. The second-order valence-electron chi connectivity index (χ2n) is 10.5. The first-order valence-electron chi connectivity index (χ1n) is 11.0. The lowest BCUT2D eigenvalue weighted by Gasteiger charge is -2.45. The van der Waals surface area contributed by atoms with E-state index in [1.54, 1.807) is 0 Å². The molecule has 2 aromatic rings. The standard InChI is InChI=1S/C24H32N4O2/c1-5-23(15-28-17-26-19-8-7-18(12-25)11-20(19)28)9-6-10-24(13-23)16-27(21(29)30-24)14-22(2,3)4/h7-8,11,17H,5-6,9-10,13-16H2,1-4H3. The highest BCUT2D eigenvalue weighted by Crippen LogP contribution is 2.49. The van der Waals surface area contributed by atoms with Crippen molar-refractivity contribution in [1.82, 2.24) is 14.5 Å². The molecule has 1 spiro atoms. The molecule has 30 heavy (non-hydrogen) atoms. The first kappa shape index (κ1) is 20.7. The minimum absolute atomic E-state index is 0.0482. The third kappa shape index (κ3) is 3.90. The third-order valence-corrected chi connectivity index (χ3v) is 6.75. The van der Waals surface area contributed by atoms with Gasteiger partial charge in [0.2, 0.25) is 0 Å². The molecule has 2 heterocycles. The topological polar surface area (TPSA) is 71.2 Å². The molecule has 6 nitrogen and oxygen atoms in total. The molecule has 2 unspecified atom stereocenters. The molecule has 2 aliphatic rings. The van der Waals surface area contributed by atoms with E-state index in [4.69, 9.17) is 4.74 Å². The number of carbonyl (C=O) groups is 1. The molecule has 1 aromatic heterocycles. The van der Waals surface area contributed by atoms with E-state index < -0.39 is 0 Å². The zero-order chi connectivity index (χ0) is 21.6. The normalized spacial score (nSPS) is 26.9. The van der Waals surface area contributed by atoms with E-state index in [-0.39, 0.29) is 22.5 Å². The molecule has 2 atom stereocenters. The van der Waals surface area contributed by atoms with Gasteiger partial charge in [-0.2, -0.15) is 5.26 Å². The van der Waals surface area contributed by atoms with Gasteiger partial charge in [-0.05, 0) is 61.1 Å². The molecular weight excluding hydrogens is 376 g/mol. The van der Waals surface area contributed by atoms with Gasteiger partial charge < -0.3 is 14.2 Å². The molecule has 1 aliphatic carbocycles. The van der Waals surface area contributed by atoms with Gasteiger partial charge in [0.05, 0.1) is 35.5 Å². The summed E-state index contributed by atoms with van der Waals surface area (Å²) in [7, 11) is 0. The largest absolute Gasteiger partial charge is 0.441 e. The summed E-state index contributed by atoms with van der Waals surface area (Å²) in [5.74, 6) is 0. The number of nitrogens with zero attached hydrogens (tertiary/aromatic N) is 4. The van der Waals surface area contributed by atoms with Crippen LogP contribution >= 0.6 is 0 Å². The van der Waals surface area contributed by atoms with Crippen molar-refractivity contribution in [2.24, 2.45) is 10.8 Å². The molecule has 1 amide bonds. The van der Waals surface area contributed by atoms with Crippen LogP contribution in [0, 0.1) is 22.2 Å². The number of carbonyl (C=O) groups excluding carboxylic acids is 1. The molecule has 4 rings (SSSR count). The Morgan fingerprint density at radius 2 is 2.10 bits per heavy atom. The van der Waals surface area contributed by atoms with Crippen LogP contribution in [0.2, 0.25) is 0 Å². The highest BCUT2D eigenvalue weighted by Gasteiger charge is 2.52. The van der Waals surface area contributed by atoms with Crippen LogP contribution in [0.15, 0.2) is 24.5 Å². The second kappa shape index (κ2) is 7.30. The summed E-state index contributed by atoms with van der Waals surface area (Å²) in [6.45, 7) is 10.9. The van der Waals surface area contributed by atoms with Gasteiger partial charge in [-0.15, -0.1) is 0 Å². The number of rotatable bonds is 4. The second-order valence-corrected chi connectivity index (χ2v) is 10.5. The summed E-state index contributed by atoms with van der Waals surface area (Å²) < 4.78 is 8.25. The fraction of sp³-hybridized carbons (Fsp3) is 0.625. The first-order chi connectivity index (χ1) is 14.2. The number of aromatic nitrogens is 2. The summed E-state index contributed by atoms with van der Waals surface area (Å²) in [6.07, 6.45) is 6.72. The number of fused-ring (bicyclic) bond motifs is 1. The van der Waals surface area contributed by atoms with E-state index in [0.29, 0.717) is 12.1 Å². The van der Waals surface area contributed by atoms with E-state index >= 15 is 0 Å². The first-order valence-corrected chi connectivity index (χ1v) is 11.0. The average molecular weight is 409 g/mol. The van der Waals surface area contributed by atoms with Crippen LogP contribution in [-0.4, -0.2) is 39.2 Å². The van der Waals surface area contributed by atoms with E-state index in [1.807, 2.05) is 29.4 Å². The van der Waals surface area contributed by atoms with Crippen LogP contribution < -0.4 is 0 Å². The minimum Gasteiger partial charge on any atom is -0.441 e. The van der Waals surface area contributed by atoms with Gasteiger partial charge >= 0.3 is 6.09 Å². The lowest BCUT2D eigenvalue weighted by atomic mass is 9.66. The van der Waals surface area contributed by atoms with Gasteiger partial charge in [0, 0.05) is 13.1 Å². The lowest BCUT2D eigenvalue weighted by molar-refractivity contribution is -0.0355. The van der Waals surface area contributed by atoms with Gasteiger partial charge in [-0.25, -0.2) is 9.78 Å². The number of hydrogen-bond acceptors (Lipinski definition) is 4. The molecule has 1 saturated heterocycles. The van der Waals surface area contributed by atoms with Crippen LogP contribution in [0.1, 0.15) is 65.4 Å². The average Bonchev–Trinajstić information content (AvgIpc) is 3.20. The SMILES string of the molecule is CCC1(Cn2cnc3ccc(C#N)cc32)CCCC2(CN(CC(C)(C)C)C(=O)O2)C1. The Morgan fingerprint density at radius 1 is 1.30 bits per heavy atom. The van der Waals surface area contributed by atoms with Crippen LogP contribution in [-0.2, 0) is 11.3 Å². The smallest absolute Gasteiger partial charge is 0.410 e. The summed E-state index contributed by atoms with van der Waals surface area (Å²) in [5, 5.41) is 9.28. The van der Waals surface area contributed by atoms with E-state index in [9.17, 15) is 10.1 Å². The predicted octanol–water partition coefficient (Wildman–Crippen LogP) is 5.12. The van der Waals surface area contributed by atoms with Gasteiger partial charge in [-0.3, -0.25) is 0 Å². The summed E-state index contributed by atoms with van der Waals surface area (Å²) in [4.78, 5) is 19.1. The Labute approximate surface area is 178 Å². The Bertz CT molecular complexity index is 999. The zero-order valence-corrected chi connectivity index (χ0v) is 18.6. The van der Waals surface area contributed by atoms with Crippen molar-refractivity contribution in [3.05, 3.63) is 30.1 Å². The van der Waals surface area contributed by atoms with Crippen LogP contribution in [0.4, 0.5) is 4.79 Å². The molecule has 6 heteroatoms. The zero-order valence-electron chi connectivity index (χ0n) is 18.6. The highest BCUT2D eigenvalue weighted by molar-refractivity contribution is 5.77. The van der Waals surface area contributed by atoms with Crippen molar-refractivity contribution < 1.29 is 9.53 Å². The van der Waals surface area contributed by atoms with Crippen molar-refractivity contribution in [2.45, 2.75) is 71.9 Å². The predicted molar refractivity (Wildman–Crippen MR) is 116 cm³/mol. The molecule has 0 bridgehead atoms. The number of nitriles is 1. The fourth-order valence-electron chi connectivity index (χ4n) is 5.42. The molecule has 0 N–H and O–H groups in total. The Kier molecular flexibility index (Phi) is 5.04. The van der Waals surface area contributed by atoms with Crippen molar-refractivity contribution in [2.75, 3.05) is 13.1 Å². The number of ether oxygens (including phenoxy) is 1. The Balaban J connectivity index is 1.59. The summed E-state index contributed by atoms with van der Waals surface area (Å²) in [6, 6.07) is 7.87. The van der Waals surface area contributed by atoms with Crippen molar-refractivity contribution >= 4 is 17.1 Å². The molecule has 0 radical (unpaired) electrons. The van der Waals surface area contributed by atoms with E-state index in [0.717, 1.165) is 56.2 Å². The summed E-state index contributed by atoms with van der Waals surface area (Å²) in [5.41, 5.74) is 2.28. The summed E-state index contributed by atoms with van der Waals surface area (Å²) >= 11 is 0. The molecular formula is C24H32N4O2. The van der Waals surface area contributed by atoms with Crippen molar-refractivity contribution in [1.29, 1.82) is 5.26 Å². The molecule has 1 saturated carbocycles. The van der Waals surface area contributed by atoms with Crippen LogP contribution in [0.5, 0.6) is 0 Å². The highest BCUT2D eigenvalue weighted by atomic mass is 16.6. The lowest BCUT2D eigenvalue weighted by Crippen LogP contribution is -2.46. The number of benzene rings is 1. The van der Waals surface area contributed by atoms with Crippen LogP contribution in [0.25, 0.3) is 11.0 Å². The maximum atomic E-state index is 12.6. The Hall–Kier alpha value is -2.55. The number of hydrogen-bond donors (Lipinski definition) is 0. The monoisotopic (exact) mass is 408 g/mol. The van der Waals surface area contributed by atoms with Crippen molar-refractivity contribution in [3.63, 3.8) is 0 Å². The third-order valence-electron chi connectivity index (χ3n) is 6.75. The van der Waals surface area contributed by atoms with Gasteiger partial charge in [0.25, 0.3) is 0 Å². The Morgan fingerprint density at radius 3 is 2.80 bits per heavy atom. The number of imidazole rings is 1. The van der Waals surface area contributed by atoms with Gasteiger partial charge in [0.15, 0.2) is 0 Å². The van der Waals surface area contributed by atoms with Gasteiger partial charge in [-0.1, -0.05) is 27.7 Å². The van der Waals surface area contributed by atoms with Gasteiger partial charge in [0.1, 0.15) is 5.60 Å². The molecule has 1 aliphatic heterocycles. The molecule has 2 fully saturated rings. The molecule has 1 aromatic carbocycles. The van der Waals surface area contributed by atoms with Crippen LogP contribution in [0.3, 0.4) is 0 Å².